The molecule has 2 N–H and O–H groups in total. The zero-order valence-corrected chi connectivity index (χ0v) is 11.4. The van der Waals surface area contributed by atoms with E-state index in [4.69, 9.17) is 5.11 Å². The summed E-state index contributed by atoms with van der Waals surface area (Å²) < 4.78 is 26.9. The second-order valence-electron chi connectivity index (χ2n) is 5.45. The number of carboxylic acids is 1. The zero-order chi connectivity index (χ0) is 14.7. The lowest BCUT2D eigenvalue weighted by atomic mass is 9.85. The maximum Gasteiger partial charge on any atom is 0.306 e. The molecule has 0 bridgehead atoms. The van der Waals surface area contributed by atoms with Gasteiger partial charge in [0, 0.05) is 17.6 Å². The van der Waals surface area contributed by atoms with Crippen LogP contribution in [-0.2, 0) is 4.79 Å². The first-order chi connectivity index (χ1) is 9.47. The topological polar surface area (TPSA) is 49.3 Å². The molecule has 0 aliphatic heterocycles. The number of aliphatic carboxylic acids is 1. The third-order valence-corrected chi connectivity index (χ3v) is 3.93. The van der Waals surface area contributed by atoms with Crippen molar-refractivity contribution < 1.29 is 18.7 Å². The van der Waals surface area contributed by atoms with Gasteiger partial charge in [0.2, 0.25) is 0 Å². The fraction of sp³-hybridized carbons (Fsp3) is 0.533. The molecule has 1 aromatic rings. The standard InChI is InChI=1S/C15H19F2NO2/c1-9(13-8-11(16)5-6-14(13)17)18-12-4-2-3-10(7-12)15(19)20/h5-6,8-10,12,18H,2-4,7H2,1H3,(H,19,20). The summed E-state index contributed by atoms with van der Waals surface area (Å²) in [5, 5.41) is 12.3. The van der Waals surface area contributed by atoms with E-state index >= 15 is 0 Å². The summed E-state index contributed by atoms with van der Waals surface area (Å²) >= 11 is 0. The molecule has 3 atom stereocenters. The van der Waals surface area contributed by atoms with Crippen LogP contribution in [0, 0.1) is 17.6 Å². The van der Waals surface area contributed by atoms with Crippen molar-refractivity contribution in [3.8, 4) is 0 Å². The van der Waals surface area contributed by atoms with Crippen molar-refractivity contribution in [2.24, 2.45) is 5.92 Å². The summed E-state index contributed by atoms with van der Waals surface area (Å²) in [6.45, 7) is 1.77. The van der Waals surface area contributed by atoms with E-state index in [1.165, 1.54) is 6.07 Å². The second-order valence-corrected chi connectivity index (χ2v) is 5.45. The first-order valence-electron chi connectivity index (χ1n) is 6.91. The van der Waals surface area contributed by atoms with Crippen LogP contribution < -0.4 is 5.32 Å². The maximum atomic E-state index is 13.7. The molecule has 110 valence electrons. The van der Waals surface area contributed by atoms with Crippen molar-refractivity contribution in [2.75, 3.05) is 0 Å². The lowest BCUT2D eigenvalue weighted by Crippen LogP contribution is -2.38. The summed E-state index contributed by atoms with van der Waals surface area (Å²) in [5.74, 6) is -2.04. The summed E-state index contributed by atoms with van der Waals surface area (Å²) in [7, 11) is 0. The molecule has 1 fully saturated rings. The number of carboxylic acid groups (broad SMARTS) is 1. The predicted molar refractivity (Wildman–Crippen MR) is 71.3 cm³/mol. The minimum atomic E-state index is -0.777. The predicted octanol–water partition coefficient (Wildman–Crippen LogP) is 3.26. The maximum absolute atomic E-state index is 13.7. The number of halogens is 2. The van der Waals surface area contributed by atoms with E-state index in [-0.39, 0.29) is 23.6 Å². The Morgan fingerprint density at radius 3 is 2.85 bits per heavy atom. The average Bonchev–Trinajstić information content (AvgIpc) is 2.41. The monoisotopic (exact) mass is 283 g/mol. The molecule has 3 unspecified atom stereocenters. The molecular formula is C15H19F2NO2. The molecule has 0 amide bonds. The Labute approximate surface area is 117 Å². The molecule has 0 aromatic heterocycles. The van der Waals surface area contributed by atoms with Crippen molar-refractivity contribution in [2.45, 2.75) is 44.7 Å². The van der Waals surface area contributed by atoms with E-state index in [0.29, 0.717) is 12.8 Å². The lowest BCUT2D eigenvalue weighted by Gasteiger charge is -2.30. The first-order valence-corrected chi connectivity index (χ1v) is 6.91. The highest BCUT2D eigenvalue weighted by molar-refractivity contribution is 5.70. The van der Waals surface area contributed by atoms with Crippen LogP contribution in [0.15, 0.2) is 18.2 Å². The molecule has 5 heteroatoms. The van der Waals surface area contributed by atoms with Gasteiger partial charge in [-0.15, -0.1) is 0 Å². The Morgan fingerprint density at radius 2 is 2.15 bits per heavy atom. The Morgan fingerprint density at radius 1 is 1.40 bits per heavy atom. The van der Waals surface area contributed by atoms with Gasteiger partial charge in [-0.2, -0.15) is 0 Å². The Hall–Kier alpha value is -1.49. The van der Waals surface area contributed by atoms with E-state index in [1.54, 1.807) is 6.92 Å². The van der Waals surface area contributed by atoms with E-state index in [9.17, 15) is 13.6 Å². The molecule has 2 rings (SSSR count). The van der Waals surface area contributed by atoms with Gasteiger partial charge in [-0.05, 0) is 44.4 Å². The van der Waals surface area contributed by atoms with Crippen molar-refractivity contribution >= 4 is 5.97 Å². The summed E-state index contributed by atoms with van der Waals surface area (Å²) in [6.07, 6.45) is 2.94. The molecule has 0 heterocycles. The normalized spacial score (nSPS) is 24.4. The minimum Gasteiger partial charge on any atom is -0.481 e. The van der Waals surface area contributed by atoms with Gasteiger partial charge in [0.1, 0.15) is 11.6 Å². The number of rotatable bonds is 4. The van der Waals surface area contributed by atoms with Gasteiger partial charge in [0.05, 0.1) is 5.92 Å². The molecule has 3 nitrogen and oxygen atoms in total. The molecule has 0 radical (unpaired) electrons. The molecule has 0 saturated heterocycles. The van der Waals surface area contributed by atoms with Crippen LogP contribution in [0.25, 0.3) is 0 Å². The van der Waals surface area contributed by atoms with Gasteiger partial charge >= 0.3 is 5.97 Å². The third-order valence-electron chi connectivity index (χ3n) is 3.93. The van der Waals surface area contributed by atoms with E-state index < -0.39 is 17.6 Å². The highest BCUT2D eigenvalue weighted by Crippen LogP contribution is 2.27. The molecule has 1 saturated carbocycles. The van der Waals surface area contributed by atoms with Crippen molar-refractivity contribution in [1.29, 1.82) is 0 Å². The lowest BCUT2D eigenvalue weighted by molar-refractivity contribution is -0.143. The van der Waals surface area contributed by atoms with Crippen molar-refractivity contribution in [1.82, 2.24) is 5.32 Å². The summed E-state index contributed by atoms with van der Waals surface area (Å²) in [5.41, 5.74) is 0.280. The smallest absolute Gasteiger partial charge is 0.306 e. The Kier molecular flexibility index (Phi) is 4.70. The quantitative estimate of drug-likeness (QED) is 0.891. The number of hydrogen-bond acceptors (Lipinski definition) is 2. The van der Waals surface area contributed by atoms with Gasteiger partial charge in [-0.3, -0.25) is 4.79 Å². The van der Waals surface area contributed by atoms with Crippen LogP contribution >= 0.6 is 0 Å². The second kappa shape index (κ2) is 6.31. The SMILES string of the molecule is CC(NC1CCCC(C(=O)O)C1)c1cc(F)ccc1F. The largest absolute Gasteiger partial charge is 0.481 e. The molecule has 0 spiro atoms. The molecular weight excluding hydrogens is 264 g/mol. The van der Waals surface area contributed by atoms with E-state index in [1.807, 2.05) is 0 Å². The molecule has 20 heavy (non-hydrogen) atoms. The van der Waals surface area contributed by atoms with Gasteiger partial charge in [-0.25, -0.2) is 8.78 Å². The zero-order valence-electron chi connectivity index (χ0n) is 11.4. The van der Waals surface area contributed by atoms with Gasteiger partial charge in [-0.1, -0.05) is 6.42 Å². The van der Waals surface area contributed by atoms with Crippen molar-refractivity contribution in [3.05, 3.63) is 35.4 Å². The number of hydrogen-bond donors (Lipinski definition) is 2. The summed E-state index contributed by atoms with van der Waals surface area (Å²) in [4.78, 5) is 11.0. The highest BCUT2D eigenvalue weighted by atomic mass is 19.1. The van der Waals surface area contributed by atoms with Gasteiger partial charge < -0.3 is 10.4 Å². The molecule has 1 aliphatic rings. The Balaban J connectivity index is 2.02. The number of benzene rings is 1. The van der Waals surface area contributed by atoms with Crippen molar-refractivity contribution in [3.63, 3.8) is 0 Å². The number of carbonyl (C=O) groups is 1. The van der Waals surface area contributed by atoms with Crippen LogP contribution in [0.1, 0.15) is 44.2 Å². The van der Waals surface area contributed by atoms with Crippen LogP contribution in [0.5, 0.6) is 0 Å². The van der Waals surface area contributed by atoms with E-state index in [2.05, 4.69) is 5.32 Å². The minimum absolute atomic E-state index is 0.0301. The number of nitrogens with one attached hydrogen (secondary N) is 1. The van der Waals surface area contributed by atoms with Gasteiger partial charge in [0.15, 0.2) is 0 Å². The third kappa shape index (κ3) is 3.54. The molecule has 1 aromatic carbocycles. The average molecular weight is 283 g/mol. The first kappa shape index (κ1) is 14.9. The molecule has 1 aliphatic carbocycles. The highest BCUT2D eigenvalue weighted by Gasteiger charge is 2.28. The Bertz CT molecular complexity index is 493. The van der Waals surface area contributed by atoms with Crippen LogP contribution in [0.4, 0.5) is 8.78 Å². The van der Waals surface area contributed by atoms with Crippen LogP contribution in [0.2, 0.25) is 0 Å². The van der Waals surface area contributed by atoms with E-state index in [0.717, 1.165) is 25.0 Å². The fourth-order valence-electron chi connectivity index (χ4n) is 2.86. The van der Waals surface area contributed by atoms with Gasteiger partial charge in [0.25, 0.3) is 0 Å². The summed E-state index contributed by atoms with van der Waals surface area (Å²) in [6, 6.07) is 3.08. The van der Waals surface area contributed by atoms with Crippen LogP contribution in [0.3, 0.4) is 0 Å². The van der Waals surface area contributed by atoms with Crippen LogP contribution in [-0.4, -0.2) is 17.1 Å². The fourth-order valence-corrected chi connectivity index (χ4v) is 2.86.